The number of fused-ring (bicyclic) bond motifs is 1. The van der Waals surface area contributed by atoms with Crippen LogP contribution in [0.4, 0.5) is 10.5 Å². The number of para-hydroxylation sites is 1. The molecule has 1 saturated heterocycles. The minimum Gasteiger partial charge on any atom is -0.497 e. The Kier molecular flexibility index (Phi) is 5.48. The fraction of sp³-hybridized carbons (Fsp3) is 0.318. The molecule has 146 valence electrons. The number of anilines is 1. The maximum absolute atomic E-state index is 12.1. The molecular weight excluding hydrogens is 354 g/mol. The summed E-state index contributed by atoms with van der Waals surface area (Å²) < 4.78 is 10.7. The van der Waals surface area contributed by atoms with Gasteiger partial charge in [-0.1, -0.05) is 18.2 Å². The van der Waals surface area contributed by atoms with Crippen molar-refractivity contribution in [1.82, 2.24) is 9.88 Å². The lowest BCUT2D eigenvalue weighted by molar-refractivity contribution is 0.114. The van der Waals surface area contributed by atoms with E-state index in [0.29, 0.717) is 5.69 Å². The van der Waals surface area contributed by atoms with Crippen LogP contribution in [0.2, 0.25) is 0 Å². The predicted molar refractivity (Wildman–Crippen MR) is 110 cm³/mol. The number of nitrogens with zero attached hydrogens (tertiary/aromatic N) is 1. The predicted octanol–water partition coefficient (Wildman–Crippen LogP) is 4.04. The van der Waals surface area contributed by atoms with Crippen LogP contribution in [0.5, 0.6) is 5.75 Å². The third-order valence-electron chi connectivity index (χ3n) is 5.21. The highest BCUT2D eigenvalue weighted by Crippen LogP contribution is 2.20. The van der Waals surface area contributed by atoms with E-state index >= 15 is 0 Å². The summed E-state index contributed by atoms with van der Waals surface area (Å²) in [6.07, 6.45) is 3.46. The van der Waals surface area contributed by atoms with Crippen molar-refractivity contribution in [2.24, 2.45) is 0 Å². The molecule has 1 unspecified atom stereocenters. The quantitative estimate of drug-likeness (QED) is 0.678. The van der Waals surface area contributed by atoms with Gasteiger partial charge in [0.25, 0.3) is 0 Å². The van der Waals surface area contributed by atoms with Crippen molar-refractivity contribution in [2.45, 2.75) is 18.9 Å². The first kappa shape index (κ1) is 18.4. The van der Waals surface area contributed by atoms with Gasteiger partial charge < -0.3 is 14.5 Å². The fourth-order valence-corrected chi connectivity index (χ4v) is 3.69. The Morgan fingerprint density at radius 1 is 1.21 bits per heavy atom. The summed E-state index contributed by atoms with van der Waals surface area (Å²) in [6, 6.07) is 15.6. The third kappa shape index (κ3) is 4.28. The van der Waals surface area contributed by atoms with E-state index < -0.39 is 6.09 Å². The average molecular weight is 379 g/mol. The molecule has 6 nitrogen and oxygen atoms in total. The molecule has 0 radical (unpaired) electrons. The highest BCUT2D eigenvalue weighted by atomic mass is 16.6. The summed E-state index contributed by atoms with van der Waals surface area (Å²) in [5, 5.41) is 4.06. The second-order valence-corrected chi connectivity index (χ2v) is 7.08. The van der Waals surface area contributed by atoms with Gasteiger partial charge in [-0.2, -0.15) is 0 Å². The molecule has 3 aromatic rings. The third-order valence-corrected chi connectivity index (χ3v) is 5.21. The van der Waals surface area contributed by atoms with Crippen LogP contribution in [0.3, 0.4) is 0 Å². The van der Waals surface area contributed by atoms with E-state index in [-0.39, 0.29) is 6.10 Å². The topological polar surface area (TPSA) is 66.6 Å². The van der Waals surface area contributed by atoms with Crippen LogP contribution in [-0.4, -0.2) is 48.8 Å². The monoisotopic (exact) mass is 379 g/mol. The summed E-state index contributed by atoms with van der Waals surface area (Å²) in [5.74, 6) is 0.751. The van der Waals surface area contributed by atoms with Gasteiger partial charge in [0.1, 0.15) is 11.9 Å². The zero-order valence-electron chi connectivity index (χ0n) is 16.0. The van der Waals surface area contributed by atoms with Crippen molar-refractivity contribution < 1.29 is 14.3 Å². The van der Waals surface area contributed by atoms with Crippen LogP contribution in [-0.2, 0) is 11.2 Å². The summed E-state index contributed by atoms with van der Waals surface area (Å²) in [7, 11) is 1.61. The molecule has 1 aliphatic rings. The molecule has 2 heterocycles. The van der Waals surface area contributed by atoms with Crippen molar-refractivity contribution in [2.75, 3.05) is 32.1 Å². The first-order valence-corrected chi connectivity index (χ1v) is 9.60. The first-order chi connectivity index (χ1) is 13.7. The van der Waals surface area contributed by atoms with Crippen LogP contribution in [0, 0.1) is 0 Å². The Bertz CT molecular complexity index is 936. The van der Waals surface area contributed by atoms with E-state index in [2.05, 4.69) is 39.6 Å². The largest absolute Gasteiger partial charge is 0.497 e. The van der Waals surface area contributed by atoms with Gasteiger partial charge >= 0.3 is 6.09 Å². The highest BCUT2D eigenvalue weighted by Gasteiger charge is 2.25. The van der Waals surface area contributed by atoms with Gasteiger partial charge in [0.05, 0.1) is 7.11 Å². The number of carbonyl (C=O) groups excluding carboxylic acids is 1. The number of H-pyrrole nitrogens is 1. The second kappa shape index (κ2) is 8.35. The lowest BCUT2D eigenvalue weighted by Crippen LogP contribution is -2.28. The normalized spacial score (nSPS) is 17.0. The number of carbonyl (C=O) groups is 1. The van der Waals surface area contributed by atoms with E-state index in [1.165, 1.54) is 16.5 Å². The van der Waals surface area contributed by atoms with Gasteiger partial charge in [-0.15, -0.1) is 0 Å². The number of rotatable bonds is 6. The Morgan fingerprint density at radius 2 is 2.04 bits per heavy atom. The van der Waals surface area contributed by atoms with Crippen LogP contribution in [0.25, 0.3) is 10.9 Å². The molecule has 1 aromatic heterocycles. The van der Waals surface area contributed by atoms with Gasteiger partial charge in [-0.3, -0.25) is 10.2 Å². The molecule has 4 rings (SSSR count). The molecule has 0 spiro atoms. The number of hydrogen-bond acceptors (Lipinski definition) is 4. The van der Waals surface area contributed by atoms with E-state index in [1.54, 1.807) is 31.4 Å². The minimum absolute atomic E-state index is 0.0683. The molecule has 0 bridgehead atoms. The summed E-state index contributed by atoms with van der Waals surface area (Å²) in [4.78, 5) is 17.8. The Hall–Kier alpha value is -2.99. The molecule has 28 heavy (non-hydrogen) atoms. The lowest BCUT2D eigenvalue weighted by Gasteiger charge is -2.16. The zero-order valence-corrected chi connectivity index (χ0v) is 16.0. The number of benzene rings is 2. The van der Waals surface area contributed by atoms with E-state index in [0.717, 1.165) is 38.2 Å². The number of nitrogens with one attached hydrogen (secondary N) is 2. The van der Waals surface area contributed by atoms with Crippen LogP contribution >= 0.6 is 0 Å². The molecule has 6 heteroatoms. The average Bonchev–Trinajstić information content (AvgIpc) is 3.33. The highest BCUT2D eigenvalue weighted by molar-refractivity contribution is 5.85. The fourth-order valence-electron chi connectivity index (χ4n) is 3.69. The van der Waals surface area contributed by atoms with Crippen LogP contribution < -0.4 is 10.1 Å². The van der Waals surface area contributed by atoms with Gasteiger partial charge in [0, 0.05) is 42.4 Å². The maximum atomic E-state index is 12.1. The van der Waals surface area contributed by atoms with E-state index in [9.17, 15) is 4.79 Å². The lowest BCUT2D eigenvalue weighted by atomic mass is 10.1. The molecule has 1 atom stereocenters. The summed E-state index contributed by atoms with van der Waals surface area (Å²) >= 11 is 0. The molecule has 0 aliphatic carbocycles. The second-order valence-electron chi connectivity index (χ2n) is 7.08. The first-order valence-electron chi connectivity index (χ1n) is 9.60. The number of ether oxygens (including phenoxy) is 2. The Morgan fingerprint density at radius 3 is 2.86 bits per heavy atom. The Labute approximate surface area is 164 Å². The molecule has 1 aliphatic heterocycles. The van der Waals surface area contributed by atoms with Crippen molar-refractivity contribution in [3.8, 4) is 5.75 Å². The van der Waals surface area contributed by atoms with Crippen LogP contribution in [0.1, 0.15) is 12.0 Å². The van der Waals surface area contributed by atoms with E-state index in [1.807, 2.05) is 6.07 Å². The molecular formula is C22H25N3O3. The van der Waals surface area contributed by atoms with Gasteiger partial charge in [-0.25, -0.2) is 4.79 Å². The standard InChI is InChI=1S/C22H25N3O3/c1-27-18-8-6-17(7-9-18)24-22(26)28-19-11-13-25(15-19)12-10-16-14-23-21-5-3-2-4-20(16)21/h2-9,14,19,23H,10-13,15H2,1H3,(H,24,26). The van der Waals surface area contributed by atoms with Gasteiger partial charge in [0.2, 0.25) is 0 Å². The summed E-state index contributed by atoms with van der Waals surface area (Å²) in [5.41, 5.74) is 3.20. The number of amides is 1. The van der Waals surface area contributed by atoms with Crippen molar-refractivity contribution >= 4 is 22.7 Å². The molecule has 2 N–H and O–H groups in total. The summed E-state index contributed by atoms with van der Waals surface area (Å²) in [6.45, 7) is 2.68. The number of likely N-dealkylation sites (tertiary alicyclic amines) is 1. The molecule has 1 amide bonds. The van der Waals surface area contributed by atoms with Crippen molar-refractivity contribution in [3.05, 3.63) is 60.3 Å². The van der Waals surface area contributed by atoms with Gasteiger partial charge in [-0.05, 0) is 48.7 Å². The maximum Gasteiger partial charge on any atom is 0.411 e. The zero-order chi connectivity index (χ0) is 19.3. The number of hydrogen-bond donors (Lipinski definition) is 2. The molecule has 2 aromatic carbocycles. The Balaban J connectivity index is 1.24. The number of methoxy groups -OCH3 is 1. The minimum atomic E-state index is -0.409. The smallest absolute Gasteiger partial charge is 0.411 e. The van der Waals surface area contributed by atoms with Crippen LogP contribution in [0.15, 0.2) is 54.7 Å². The molecule has 1 fully saturated rings. The van der Waals surface area contributed by atoms with Crippen molar-refractivity contribution in [3.63, 3.8) is 0 Å². The number of aromatic nitrogens is 1. The van der Waals surface area contributed by atoms with Gasteiger partial charge in [0.15, 0.2) is 0 Å². The molecule has 0 saturated carbocycles. The van der Waals surface area contributed by atoms with Crippen molar-refractivity contribution in [1.29, 1.82) is 0 Å². The SMILES string of the molecule is COc1ccc(NC(=O)OC2CCN(CCc3c[nH]c4ccccc34)C2)cc1. The van der Waals surface area contributed by atoms with E-state index in [4.69, 9.17) is 9.47 Å². The number of aromatic amines is 1.